The van der Waals surface area contributed by atoms with E-state index < -0.39 is 0 Å². The molecule has 0 fully saturated rings. The van der Waals surface area contributed by atoms with Crippen molar-refractivity contribution < 1.29 is 4.74 Å². The second kappa shape index (κ2) is 7.22. The van der Waals surface area contributed by atoms with Crippen LogP contribution in [0.3, 0.4) is 0 Å². The van der Waals surface area contributed by atoms with E-state index in [1.165, 1.54) is 16.7 Å². The minimum Gasteiger partial charge on any atom is -0.489 e. The average molecular weight is 247 g/mol. The first-order chi connectivity index (χ1) is 8.56. The van der Waals surface area contributed by atoms with Crippen LogP contribution in [0, 0.1) is 20.8 Å². The predicted octanol–water partition coefficient (Wildman–Crippen LogP) is 3.55. The molecule has 2 nitrogen and oxygen atoms in total. The van der Waals surface area contributed by atoms with E-state index >= 15 is 0 Å². The van der Waals surface area contributed by atoms with E-state index in [-0.39, 0.29) is 0 Å². The summed E-state index contributed by atoms with van der Waals surface area (Å²) >= 11 is 0. The second-order valence-corrected chi connectivity index (χ2v) is 4.87. The fraction of sp³-hybridized carbons (Fsp3) is 0.500. The Bertz CT molecular complexity index is 410. The topological polar surface area (TPSA) is 21.3 Å². The van der Waals surface area contributed by atoms with Crippen LogP contribution in [0.1, 0.15) is 30.0 Å². The third-order valence-corrected chi connectivity index (χ3v) is 3.10. The van der Waals surface area contributed by atoms with E-state index in [9.17, 15) is 0 Å². The van der Waals surface area contributed by atoms with Gasteiger partial charge in [0.2, 0.25) is 0 Å². The molecule has 1 aromatic carbocycles. The highest BCUT2D eigenvalue weighted by Crippen LogP contribution is 2.25. The molecule has 1 N–H and O–H groups in total. The van der Waals surface area contributed by atoms with E-state index in [0.29, 0.717) is 6.61 Å². The average Bonchev–Trinajstić information content (AvgIpc) is 2.34. The van der Waals surface area contributed by atoms with E-state index in [1.54, 1.807) is 0 Å². The molecule has 0 radical (unpaired) electrons. The molecule has 0 bridgehead atoms. The van der Waals surface area contributed by atoms with Gasteiger partial charge < -0.3 is 10.1 Å². The maximum absolute atomic E-state index is 5.90. The van der Waals surface area contributed by atoms with Gasteiger partial charge in [-0.15, -0.1) is 0 Å². The van der Waals surface area contributed by atoms with Crippen molar-refractivity contribution in [1.82, 2.24) is 5.32 Å². The van der Waals surface area contributed by atoms with Gasteiger partial charge in [-0.25, -0.2) is 0 Å². The number of hydrogen-bond donors (Lipinski definition) is 1. The summed E-state index contributed by atoms with van der Waals surface area (Å²) < 4.78 is 5.90. The van der Waals surface area contributed by atoms with Gasteiger partial charge in [-0.05, 0) is 56.0 Å². The highest BCUT2D eigenvalue weighted by atomic mass is 16.5. The number of aryl methyl sites for hydroxylation is 2. The van der Waals surface area contributed by atoms with Gasteiger partial charge in [0.15, 0.2) is 0 Å². The van der Waals surface area contributed by atoms with Crippen LogP contribution in [0.2, 0.25) is 0 Å². The maximum Gasteiger partial charge on any atom is 0.125 e. The Hall–Kier alpha value is -1.28. The van der Waals surface area contributed by atoms with Gasteiger partial charge in [0, 0.05) is 6.54 Å². The predicted molar refractivity (Wildman–Crippen MR) is 78.4 cm³/mol. The number of rotatable bonds is 7. The van der Waals surface area contributed by atoms with Crippen LogP contribution in [0.25, 0.3) is 0 Å². The molecule has 0 saturated carbocycles. The maximum atomic E-state index is 5.90. The van der Waals surface area contributed by atoms with Crippen LogP contribution in [0.15, 0.2) is 24.3 Å². The molecule has 0 atom stereocenters. The molecule has 0 heterocycles. The molecule has 18 heavy (non-hydrogen) atoms. The van der Waals surface area contributed by atoms with Crippen LogP contribution in [0.5, 0.6) is 5.75 Å². The molecule has 1 aromatic rings. The molecule has 0 unspecified atom stereocenters. The summed E-state index contributed by atoms with van der Waals surface area (Å²) in [5, 5.41) is 3.33. The summed E-state index contributed by atoms with van der Waals surface area (Å²) in [7, 11) is 0. The summed E-state index contributed by atoms with van der Waals surface area (Å²) in [6.45, 7) is 14.9. The Morgan fingerprint density at radius 2 is 1.89 bits per heavy atom. The summed E-state index contributed by atoms with van der Waals surface area (Å²) in [5.41, 5.74) is 4.77. The summed E-state index contributed by atoms with van der Waals surface area (Å²) in [6, 6.07) is 4.24. The van der Waals surface area contributed by atoms with Gasteiger partial charge in [0.25, 0.3) is 0 Å². The lowest BCUT2D eigenvalue weighted by molar-refractivity contribution is 0.343. The highest BCUT2D eigenvalue weighted by Gasteiger charge is 2.06. The summed E-state index contributed by atoms with van der Waals surface area (Å²) in [5.74, 6) is 1.01. The number of ether oxygens (including phenoxy) is 1. The van der Waals surface area contributed by atoms with Crippen molar-refractivity contribution >= 4 is 0 Å². The molecule has 0 spiro atoms. The van der Waals surface area contributed by atoms with Crippen LogP contribution < -0.4 is 10.1 Å². The Morgan fingerprint density at radius 1 is 1.22 bits per heavy atom. The quantitative estimate of drug-likeness (QED) is 0.588. The molecule has 2 heteroatoms. The molecule has 1 rings (SSSR count). The number of hydrogen-bond acceptors (Lipinski definition) is 2. The fourth-order valence-corrected chi connectivity index (χ4v) is 1.81. The molecule has 0 aliphatic heterocycles. The van der Waals surface area contributed by atoms with Crippen molar-refractivity contribution in [3.05, 3.63) is 41.0 Å². The van der Waals surface area contributed by atoms with Crippen molar-refractivity contribution in [3.63, 3.8) is 0 Å². The van der Waals surface area contributed by atoms with Gasteiger partial charge in [-0.2, -0.15) is 0 Å². The minimum atomic E-state index is 0.585. The van der Waals surface area contributed by atoms with E-state index in [1.807, 2.05) is 0 Å². The van der Waals surface area contributed by atoms with Crippen molar-refractivity contribution in [2.24, 2.45) is 0 Å². The molecule has 0 aliphatic rings. The van der Waals surface area contributed by atoms with Crippen LogP contribution in [0.4, 0.5) is 0 Å². The fourth-order valence-electron chi connectivity index (χ4n) is 1.81. The Morgan fingerprint density at radius 3 is 2.56 bits per heavy atom. The van der Waals surface area contributed by atoms with Gasteiger partial charge in [-0.3, -0.25) is 0 Å². The zero-order valence-corrected chi connectivity index (χ0v) is 12.1. The molecule has 0 aliphatic carbocycles. The van der Waals surface area contributed by atoms with Gasteiger partial charge in [0.05, 0.1) is 0 Å². The van der Waals surface area contributed by atoms with Crippen molar-refractivity contribution in [3.8, 4) is 5.75 Å². The lowest BCUT2D eigenvalue weighted by Crippen LogP contribution is -2.20. The van der Waals surface area contributed by atoms with Gasteiger partial charge in [0.1, 0.15) is 12.4 Å². The standard InChI is InChI=1S/C16H25NO/c1-6-9-17-10-12(2)11-18-16-14(4)8-7-13(3)15(16)5/h7-8,17H,2,6,9-11H2,1,3-5H3. The van der Waals surface area contributed by atoms with E-state index in [0.717, 1.165) is 30.8 Å². The lowest BCUT2D eigenvalue weighted by atomic mass is 10.1. The zero-order valence-electron chi connectivity index (χ0n) is 12.1. The number of nitrogens with one attached hydrogen (secondary N) is 1. The molecular weight excluding hydrogens is 222 g/mol. The highest BCUT2D eigenvalue weighted by molar-refractivity contribution is 5.44. The summed E-state index contributed by atoms with van der Waals surface area (Å²) in [4.78, 5) is 0. The van der Waals surface area contributed by atoms with E-state index in [2.05, 4.69) is 51.7 Å². The molecule has 100 valence electrons. The largest absolute Gasteiger partial charge is 0.489 e. The SMILES string of the molecule is C=C(CNCCC)COc1c(C)ccc(C)c1C. The van der Waals surface area contributed by atoms with Crippen molar-refractivity contribution in [1.29, 1.82) is 0 Å². The molecular formula is C16H25NO. The number of benzene rings is 1. The first-order valence-electron chi connectivity index (χ1n) is 6.63. The molecule has 0 aromatic heterocycles. The van der Waals surface area contributed by atoms with Gasteiger partial charge in [-0.1, -0.05) is 25.6 Å². The monoisotopic (exact) mass is 247 g/mol. The summed E-state index contributed by atoms with van der Waals surface area (Å²) in [6.07, 6.45) is 1.14. The Labute approximate surface area is 111 Å². The molecule has 0 amide bonds. The second-order valence-electron chi connectivity index (χ2n) is 4.87. The zero-order chi connectivity index (χ0) is 13.5. The first-order valence-corrected chi connectivity index (χ1v) is 6.63. The van der Waals surface area contributed by atoms with Crippen LogP contribution in [-0.4, -0.2) is 19.7 Å². The minimum absolute atomic E-state index is 0.585. The third-order valence-electron chi connectivity index (χ3n) is 3.10. The Kier molecular flexibility index (Phi) is 5.93. The Balaban J connectivity index is 2.53. The lowest BCUT2D eigenvalue weighted by Gasteiger charge is -2.15. The van der Waals surface area contributed by atoms with Crippen molar-refractivity contribution in [2.75, 3.05) is 19.7 Å². The van der Waals surface area contributed by atoms with Crippen molar-refractivity contribution in [2.45, 2.75) is 34.1 Å². The molecule has 0 saturated heterocycles. The van der Waals surface area contributed by atoms with Gasteiger partial charge >= 0.3 is 0 Å². The first kappa shape index (κ1) is 14.8. The van der Waals surface area contributed by atoms with Crippen LogP contribution >= 0.6 is 0 Å². The smallest absolute Gasteiger partial charge is 0.125 e. The third kappa shape index (κ3) is 4.19. The van der Waals surface area contributed by atoms with Crippen LogP contribution in [-0.2, 0) is 0 Å². The normalized spacial score (nSPS) is 10.4. The van der Waals surface area contributed by atoms with E-state index in [4.69, 9.17) is 4.74 Å².